The van der Waals surface area contributed by atoms with Gasteiger partial charge in [0.15, 0.2) is 17.3 Å². The second-order valence-corrected chi connectivity index (χ2v) is 6.35. The lowest BCUT2D eigenvalue weighted by molar-refractivity contribution is 0.104. The summed E-state index contributed by atoms with van der Waals surface area (Å²) in [7, 11) is 6.11. The Bertz CT molecular complexity index is 716. The van der Waals surface area contributed by atoms with Gasteiger partial charge in [0.25, 0.3) is 0 Å². The molecule has 0 aliphatic carbocycles. The molecule has 0 atom stereocenters. The summed E-state index contributed by atoms with van der Waals surface area (Å²) in [6.07, 6.45) is 3.25. The quantitative estimate of drug-likeness (QED) is 0.475. The second-order valence-electron chi connectivity index (χ2n) is 4.76. The minimum absolute atomic E-state index is 0.0742. The van der Waals surface area contributed by atoms with Gasteiger partial charge >= 0.3 is 0 Å². The van der Waals surface area contributed by atoms with E-state index in [1.807, 2.05) is 12.1 Å². The molecule has 0 saturated carbocycles. The molecule has 0 aliphatic rings. The summed E-state index contributed by atoms with van der Waals surface area (Å²) in [6.45, 7) is 0. The Morgan fingerprint density at radius 2 is 1.58 bits per heavy atom. The molecule has 24 heavy (non-hydrogen) atoms. The number of allylic oxidation sites excluding steroid dienone is 1. The van der Waals surface area contributed by atoms with Gasteiger partial charge in [-0.25, -0.2) is 0 Å². The molecule has 0 amide bonds. The third-order valence-corrected chi connectivity index (χ3v) is 4.91. The van der Waals surface area contributed by atoms with Gasteiger partial charge in [0.2, 0.25) is 5.75 Å². The topological polar surface area (TPSA) is 44.8 Å². The molecule has 4 nitrogen and oxygen atoms in total. The molecule has 0 bridgehead atoms. The molecule has 0 unspecified atom stereocenters. The van der Waals surface area contributed by atoms with Crippen molar-refractivity contribution in [1.82, 2.24) is 0 Å². The molecule has 2 rings (SSSR count). The molecule has 0 radical (unpaired) electrons. The summed E-state index contributed by atoms with van der Waals surface area (Å²) in [6, 6.07) is 10.9. The van der Waals surface area contributed by atoms with Crippen molar-refractivity contribution in [2.45, 2.75) is 4.90 Å². The summed E-state index contributed by atoms with van der Waals surface area (Å²) < 4.78 is 15.9. The number of ketones is 1. The van der Waals surface area contributed by atoms with Crippen molar-refractivity contribution in [3.8, 4) is 17.2 Å². The SMILES string of the molecule is COc1cc(C=CC(=O)c2ccc(SBr)cc2)cc(OC)c1OC. The van der Waals surface area contributed by atoms with Crippen LogP contribution >= 0.6 is 25.0 Å². The van der Waals surface area contributed by atoms with E-state index in [9.17, 15) is 4.79 Å². The molecule has 0 heterocycles. The Morgan fingerprint density at radius 3 is 2.04 bits per heavy atom. The van der Waals surface area contributed by atoms with Gasteiger partial charge in [-0.05, 0) is 73.0 Å². The van der Waals surface area contributed by atoms with E-state index in [0.717, 1.165) is 10.5 Å². The normalized spacial score (nSPS) is 10.7. The Morgan fingerprint density at radius 1 is 1.00 bits per heavy atom. The zero-order chi connectivity index (χ0) is 17.5. The molecular weight excluding hydrogens is 392 g/mol. The van der Waals surface area contributed by atoms with E-state index in [-0.39, 0.29) is 5.78 Å². The molecule has 0 aromatic heterocycles. The van der Waals surface area contributed by atoms with Gasteiger partial charge in [-0.3, -0.25) is 4.79 Å². The van der Waals surface area contributed by atoms with Crippen molar-refractivity contribution >= 4 is 36.9 Å². The van der Waals surface area contributed by atoms with Gasteiger partial charge in [0.05, 0.1) is 21.3 Å². The Hall–Kier alpha value is -1.92. The van der Waals surface area contributed by atoms with Crippen LogP contribution in [0.1, 0.15) is 15.9 Å². The fourth-order valence-electron chi connectivity index (χ4n) is 2.14. The van der Waals surface area contributed by atoms with Gasteiger partial charge < -0.3 is 14.2 Å². The van der Waals surface area contributed by atoms with Gasteiger partial charge in [-0.15, -0.1) is 0 Å². The maximum atomic E-state index is 12.3. The zero-order valence-corrected chi connectivity index (χ0v) is 15.9. The maximum Gasteiger partial charge on any atom is 0.203 e. The van der Waals surface area contributed by atoms with Crippen molar-refractivity contribution in [3.63, 3.8) is 0 Å². The lowest BCUT2D eigenvalue weighted by Gasteiger charge is -2.12. The lowest BCUT2D eigenvalue weighted by Crippen LogP contribution is -1.96. The van der Waals surface area contributed by atoms with E-state index in [4.69, 9.17) is 14.2 Å². The molecule has 6 heteroatoms. The highest BCUT2D eigenvalue weighted by molar-refractivity contribution is 9.50. The van der Waals surface area contributed by atoms with Crippen LogP contribution in [-0.2, 0) is 0 Å². The highest BCUT2D eigenvalue weighted by Crippen LogP contribution is 2.38. The zero-order valence-electron chi connectivity index (χ0n) is 13.5. The van der Waals surface area contributed by atoms with Crippen molar-refractivity contribution in [2.75, 3.05) is 21.3 Å². The predicted octanol–water partition coefficient (Wildman–Crippen LogP) is 5.01. The molecule has 2 aromatic carbocycles. The smallest absolute Gasteiger partial charge is 0.203 e. The number of ether oxygens (including phenoxy) is 3. The number of methoxy groups -OCH3 is 3. The number of hydrogen-bond acceptors (Lipinski definition) is 5. The summed E-state index contributed by atoms with van der Waals surface area (Å²) in [5.74, 6) is 1.53. The van der Waals surface area contributed by atoms with Crippen LogP contribution in [-0.4, -0.2) is 27.1 Å². The van der Waals surface area contributed by atoms with Crippen LogP contribution in [0.5, 0.6) is 17.2 Å². The van der Waals surface area contributed by atoms with Crippen LogP contribution in [0.15, 0.2) is 47.4 Å². The summed E-state index contributed by atoms with van der Waals surface area (Å²) >= 11 is 3.30. The number of hydrogen-bond donors (Lipinski definition) is 0. The van der Waals surface area contributed by atoms with E-state index in [0.29, 0.717) is 22.8 Å². The number of rotatable bonds is 7. The summed E-state index contributed by atoms with van der Waals surface area (Å²) in [5, 5.41) is 0. The molecule has 0 spiro atoms. The van der Waals surface area contributed by atoms with Crippen LogP contribution in [0.3, 0.4) is 0 Å². The first kappa shape index (κ1) is 18.4. The highest BCUT2D eigenvalue weighted by atomic mass is 79.9. The number of carbonyl (C=O) groups is 1. The second kappa shape index (κ2) is 8.80. The molecule has 0 saturated heterocycles. The average molecular weight is 409 g/mol. The standard InChI is InChI=1S/C18H17BrO4S/c1-21-16-10-12(11-17(22-2)18(16)23-3)4-9-15(20)13-5-7-14(24-19)8-6-13/h4-11H,1-3H3. The number of halogens is 1. The van der Waals surface area contributed by atoms with Crippen LogP contribution in [0.4, 0.5) is 0 Å². The van der Waals surface area contributed by atoms with Crippen LogP contribution in [0.2, 0.25) is 0 Å². The number of benzene rings is 2. The Balaban J connectivity index is 2.25. The van der Waals surface area contributed by atoms with Gasteiger partial charge in [0.1, 0.15) is 0 Å². The fraction of sp³-hybridized carbons (Fsp3) is 0.167. The maximum absolute atomic E-state index is 12.3. The average Bonchev–Trinajstić information content (AvgIpc) is 2.65. The summed E-state index contributed by atoms with van der Waals surface area (Å²) in [4.78, 5) is 13.3. The lowest BCUT2D eigenvalue weighted by atomic mass is 10.1. The van der Waals surface area contributed by atoms with Gasteiger partial charge in [-0.1, -0.05) is 6.08 Å². The molecule has 2 aromatic rings. The largest absolute Gasteiger partial charge is 0.493 e. The van der Waals surface area contributed by atoms with E-state index >= 15 is 0 Å². The third kappa shape index (κ3) is 4.33. The van der Waals surface area contributed by atoms with Crippen molar-refractivity contribution in [1.29, 1.82) is 0 Å². The van der Waals surface area contributed by atoms with Crippen LogP contribution in [0.25, 0.3) is 6.08 Å². The van der Waals surface area contributed by atoms with Crippen LogP contribution in [0, 0.1) is 0 Å². The monoisotopic (exact) mass is 408 g/mol. The first-order chi connectivity index (χ1) is 11.6. The third-order valence-electron chi connectivity index (χ3n) is 3.34. The number of carbonyl (C=O) groups excluding carboxylic acids is 1. The highest BCUT2D eigenvalue weighted by Gasteiger charge is 2.12. The molecule has 0 fully saturated rings. The Kier molecular flexibility index (Phi) is 6.75. The van der Waals surface area contributed by atoms with Crippen molar-refractivity contribution < 1.29 is 19.0 Å². The molecule has 0 N–H and O–H groups in total. The van der Waals surface area contributed by atoms with Crippen molar-refractivity contribution in [2.24, 2.45) is 0 Å². The first-order valence-electron chi connectivity index (χ1n) is 7.04. The van der Waals surface area contributed by atoms with Crippen LogP contribution < -0.4 is 14.2 Å². The van der Waals surface area contributed by atoms with Gasteiger partial charge in [-0.2, -0.15) is 0 Å². The predicted molar refractivity (Wildman–Crippen MR) is 101 cm³/mol. The van der Waals surface area contributed by atoms with E-state index in [1.54, 1.807) is 51.7 Å². The fourth-order valence-corrected chi connectivity index (χ4v) is 3.02. The molecule has 0 aliphatic heterocycles. The molecular formula is C18H17BrO4S. The van der Waals surface area contributed by atoms with E-state index < -0.39 is 0 Å². The Labute approximate surface area is 153 Å². The summed E-state index contributed by atoms with van der Waals surface area (Å²) in [5.41, 5.74) is 1.41. The van der Waals surface area contributed by atoms with E-state index in [1.165, 1.54) is 16.3 Å². The first-order valence-corrected chi connectivity index (χ1v) is 9.70. The van der Waals surface area contributed by atoms with Gasteiger partial charge in [0, 0.05) is 10.5 Å². The minimum Gasteiger partial charge on any atom is -0.493 e. The van der Waals surface area contributed by atoms with Crippen molar-refractivity contribution in [3.05, 3.63) is 53.6 Å². The van der Waals surface area contributed by atoms with E-state index in [2.05, 4.69) is 14.8 Å². The molecule has 126 valence electrons. The minimum atomic E-state index is -0.0742.